The third-order valence-corrected chi connectivity index (χ3v) is 4.83. The van der Waals surface area contributed by atoms with Gasteiger partial charge in [0.05, 0.1) is 12.7 Å². The molecule has 0 saturated heterocycles. The number of imidazole rings is 1. The number of fused-ring (bicyclic) bond motifs is 1. The molecule has 1 fully saturated rings. The molecule has 8 nitrogen and oxygen atoms in total. The fourth-order valence-electron chi connectivity index (χ4n) is 3.25. The topological polar surface area (TPSA) is 80.0 Å². The molecule has 0 unspecified atom stereocenters. The predicted octanol–water partition coefficient (Wildman–Crippen LogP) is 1.67. The summed E-state index contributed by atoms with van der Waals surface area (Å²) in [6.45, 7) is 0.367. The van der Waals surface area contributed by atoms with Crippen LogP contribution < -0.4 is 9.80 Å². The Morgan fingerprint density at radius 1 is 1.12 bits per heavy atom. The molecule has 0 spiro atoms. The van der Waals surface area contributed by atoms with Crippen molar-refractivity contribution in [3.05, 3.63) is 43.1 Å². The van der Waals surface area contributed by atoms with Gasteiger partial charge >= 0.3 is 0 Å². The van der Waals surface area contributed by atoms with E-state index in [1.165, 1.54) is 0 Å². The van der Waals surface area contributed by atoms with Crippen molar-refractivity contribution >= 4 is 17.4 Å². The molecular formula is C18H17N7O. The lowest BCUT2D eigenvalue weighted by molar-refractivity contribution is -0.117. The van der Waals surface area contributed by atoms with E-state index >= 15 is 0 Å². The molecule has 130 valence electrons. The van der Waals surface area contributed by atoms with Crippen molar-refractivity contribution in [1.82, 2.24) is 24.5 Å². The smallest absolute Gasteiger partial charge is 0.246 e. The quantitative estimate of drug-likeness (QED) is 0.717. The fraction of sp³-hybridized carbons (Fsp3) is 0.278. The Morgan fingerprint density at radius 3 is 2.69 bits per heavy atom. The highest BCUT2D eigenvalue weighted by molar-refractivity contribution is 6.02. The van der Waals surface area contributed by atoms with Gasteiger partial charge in [0.1, 0.15) is 11.5 Å². The predicted molar refractivity (Wildman–Crippen MR) is 96.2 cm³/mol. The molecule has 0 aromatic carbocycles. The molecule has 26 heavy (non-hydrogen) atoms. The number of hydrogen-bond acceptors (Lipinski definition) is 6. The first-order valence-electron chi connectivity index (χ1n) is 8.57. The van der Waals surface area contributed by atoms with Crippen LogP contribution >= 0.6 is 0 Å². The van der Waals surface area contributed by atoms with E-state index < -0.39 is 0 Å². The van der Waals surface area contributed by atoms with Gasteiger partial charge in [-0.3, -0.25) is 14.3 Å². The number of rotatable bonds is 3. The van der Waals surface area contributed by atoms with E-state index in [-0.39, 0.29) is 5.91 Å². The Kier molecular flexibility index (Phi) is 3.24. The van der Waals surface area contributed by atoms with Crippen LogP contribution in [0.5, 0.6) is 0 Å². The highest BCUT2D eigenvalue weighted by Gasteiger charge is 2.38. The van der Waals surface area contributed by atoms with Gasteiger partial charge in [-0.2, -0.15) is 4.98 Å². The van der Waals surface area contributed by atoms with Crippen LogP contribution in [0.15, 0.2) is 43.1 Å². The third-order valence-electron chi connectivity index (χ3n) is 4.83. The van der Waals surface area contributed by atoms with Gasteiger partial charge in [0.15, 0.2) is 5.82 Å². The SMILES string of the molecule is CN1C(=O)CN(C2CC2)c2nc(-n3ccnc3-c3ccncc3)ncc21. The van der Waals surface area contributed by atoms with Gasteiger partial charge in [0, 0.05) is 43.4 Å². The molecule has 3 aromatic rings. The average molecular weight is 347 g/mol. The van der Waals surface area contributed by atoms with Crippen molar-refractivity contribution in [2.45, 2.75) is 18.9 Å². The summed E-state index contributed by atoms with van der Waals surface area (Å²) in [7, 11) is 1.77. The second-order valence-electron chi connectivity index (χ2n) is 6.55. The summed E-state index contributed by atoms with van der Waals surface area (Å²) in [5, 5.41) is 0. The summed E-state index contributed by atoms with van der Waals surface area (Å²) < 4.78 is 1.86. The Morgan fingerprint density at radius 2 is 1.92 bits per heavy atom. The molecule has 5 rings (SSSR count). The number of likely N-dealkylation sites (N-methyl/N-ethyl adjacent to an activating group) is 1. The van der Waals surface area contributed by atoms with Crippen LogP contribution in [0, 0.1) is 0 Å². The summed E-state index contributed by atoms with van der Waals surface area (Å²) in [5.74, 6) is 2.18. The minimum absolute atomic E-state index is 0.0702. The Balaban J connectivity index is 1.62. The van der Waals surface area contributed by atoms with Gasteiger partial charge < -0.3 is 9.80 Å². The van der Waals surface area contributed by atoms with Crippen molar-refractivity contribution < 1.29 is 4.79 Å². The largest absolute Gasteiger partial charge is 0.342 e. The van der Waals surface area contributed by atoms with Crippen molar-refractivity contribution in [1.29, 1.82) is 0 Å². The van der Waals surface area contributed by atoms with E-state index in [0.717, 1.165) is 35.7 Å². The number of carbonyl (C=O) groups is 1. The molecule has 1 saturated carbocycles. The summed E-state index contributed by atoms with van der Waals surface area (Å²) in [4.78, 5) is 33.8. The van der Waals surface area contributed by atoms with Crippen molar-refractivity contribution in [2.24, 2.45) is 0 Å². The molecule has 2 aliphatic rings. The zero-order valence-electron chi connectivity index (χ0n) is 14.3. The maximum Gasteiger partial charge on any atom is 0.246 e. The molecule has 0 N–H and O–H groups in total. The number of carbonyl (C=O) groups excluding carboxylic acids is 1. The first-order valence-corrected chi connectivity index (χ1v) is 8.57. The zero-order valence-corrected chi connectivity index (χ0v) is 14.3. The van der Waals surface area contributed by atoms with Gasteiger partial charge in [-0.1, -0.05) is 0 Å². The molecule has 0 atom stereocenters. The second kappa shape index (κ2) is 5.62. The van der Waals surface area contributed by atoms with E-state index in [2.05, 4.69) is 19.9 Å². The molecule has 0 bridgehead atoms. The van der Waals surface area contributed by atoms with Crippen LogP contribution in [0.1, 0.15) is 12.8 Å². The lowest BCUT2D eigenvalue weighted by Crippen LogP contribution is -2.45. The summed E-state index contributed by atoms with van der Waals surface area (Å²) >= 11 is 0. The minimum Gasteiger partial charge on any atom is -0.342 e. The van der Waals surface area contributed by atoms with E-state index in [0.29, 0.717) is 18.5 Å². The molecule has 3 aromatic heterocycles. The molecular weight excluding hydrogens is 330 g/mol. The van der Waals surface area contributed by atoms with E-state index in [1.807, 2.05) is 22.9 Å². The number of hydrogen-bond donors (Lipinski definition) is 0. The normalized spacial score (nSPS) is 16.7. The molecule has 8 heteroatoms. The van der Waals surface area contributed by atoms with E-state index in [9.17, 15) is 4.79 Å². The number of anilines is 2. The lowest BCUT2D eigenvalue weighted by Gasteiger charge is -2.34. The zero-order chi connectivity index (χ0) is 17.7. The maximum absolute atomic E-state index is 12.3. The van der Waals surface area contributed by atoms with Gasteiger partial charge in [0.2, 0.25) is 11.9 Å². The number of pyridine rings is 1. The Labute approximate surface area is 150 Å². The number of aromatic nitrogens is 5. The number of amides is 1. The van der Waals surface area contributed by atoms with Crippen molar-refractivity contribution in [2.75, 3.05) is 23.4 Å². The van der Waals surface area contributed by atoms with Gasteiger partial charge in [0.25, 0.3) is 0 Å². The van der Waals surface area contributed by atoms with Crippen molar-refractivity contribution in [3.8, 4) is 17.3 Å². The first kappa shape index (κ1) is 15.0. The maximum atomic E-state index is 12.3. The van der Waals surface area contributed by atoms with Crippen LogP contribution in [0.3, 0.4) is 0 Å². The van der Waals surface area contributed by atoms with E-state index in [4.69, 9.17) is 4.98 Å². The third kappa shape index (κ3) is 2.33. The number of nitrogens with zero attached hydrogens (tertiary/aromatic N) is 7. The first-order chi connectivity index (χ1) is 12.7. The monoisotopic (exact) mass is 347 g/mol. The fourth-order valence-corrected chi connectivity index (χ4v) is 3.25. The van der Waals surface area contributed by atoms with Crippen LogP contribution in [0.4, 0.5) is 11.5 Å². The minimum atomic E-state index is 0.0702. The molecule has 1 amide bonds. The van der Waals surface area contributed by atoms with Gasteiger partial charge in [-0.15, -0.1) is 0 Å². The van der Waals surface area contributed by atoms with Crippen LogP contribution in [-0.2, 0) is 4.79 Å². The molecule has 1 aliphatic heterocycles. The highest BCUT2D eigenvalue weighted by Crippen LogP contribution is 2.38. The van der Waals surface area contributed by atoms with Gasteiger partial charge in [-0.05, 0) is 25.0 Å². The van der Waals surface area contributed by atoms with Crippen molar-refractivity contribution in [3.63, 3.8) is 0 Å². The van der Waals surface area contributed by atoms with Crippen LogP contribution in [0.25, 0.3) is 17.3 Å². The molecule has 4 heterocycles. The summed E-state index contributed by atoms with van der Waals surface area (Å²) in [6, 6.07) is 4.21. The highest BCUT2D eigenvalue weighted by atomic mass is 16.2. The molecule has 0 radical (unpaired) electrons. The standard InChI is InChI=1S/C18H17N7O/c1-23-14-10-21-18(22-17(14)25(11-15(23)26)13-2-3-13)24-9-8-20-16(24)12-4-6-19-7-5-12/h4-10,13H,2-3,11H2,1H3. The van der Waals surface area contributed by atoms with Crippen LogP contribution in [0.2, 0.25) is 0 Å². The van der Waals surface area contributed by atoms with Crippen LogP contribution in [-0.4, -0.2) is 50.0 Å². The summed E-state index contributed by atoms with van der Waals surface area (Å²) in [6.07, 6.45) is 11.0. The summed E-state index contributed by atoms with van der Waals surface area (Å²) in [5.41, 5.74) is 1.69. The Bertz CT molecular complexity index is 980. The lowest BCUT2D eigenvalue weighted by atomic mass is 10.2. The Hall–Kier alpha value is -3.29. The second-order valence-corrected chi connectivity index (χ2v) is 6.55. The molecule has 1 aliphatic carbocycles. The van der Waals surface area contributed by atoms with Gasteiger partial charge in [-0.25, -0.2) is 9.97 Å². The van der Waals surface area contributed by atoms with E-state index in [1.54, 1.807) is 36.7 Å². The average Bonchev–Trinajstić information content (AvgIpc) is 3.40.